The van der Waals surface area contributed by atoms with Crippen LogP contribution in [0.25, 0.3) is 0 Å². The van der Waals surface area contributed by atoms with Crippen molar-refractivity contribution in [2.45, 2.75) is 12.0 Å². The second-order valence-corrected chi connectivity index (χ2v) is 5.74. The summed E-state index contributed by atoms with van der Waals surface area (Å²) in [7, 11) is 0. The van der Waals surface area contributed by atoms with E-state index >= 15 is 0 Å². The van der Waals surface area contributed by atoms with Gasteiger partial charge in [-0.25, -0.2) is 0 Å². The van der Waals surface area contributed by atoms with Crippen molar-refractivity contribution >= 4 is 0 Å². The highest BCUT2D eigenvalue weighted by Gasteiger charge is 3.08. The Balaban J connectivity index is 1.62. The van der Waals surface area contributed by atoms with Gasteiger partial charge in [0.2, 0.25) is 0 Å². The van der Waals surface area contributed by atoms with E-state index in [0.717, 1.165) is 41.9 Å². The maximum atomic E-state index is 9.00. The Labute approximate surface area is 71.1 Å². The number of aliphatic hydroxyl groups is 1. The van der Waals surface area contributed by atoms with Crippen LogP contribution in [0.15, 0.2) is 0 Å². The first-order valence-corrected chi connectivity index (χ1v) is 5.19. The Morgan fingerprint density at radius 2 is 1.50 bits per heavy atom. The molecule has 2 heteroatoms. The average Bonchev–Trinajstić information content (AvgIpc) is 2.11. The summed E-state index contributed by atoms with van der Waals surface area (Å²) in [5, 5.41) is 9.00. The van der Waals surface area contributed by atoms with E-state index in [0.29, 0.717) is 17.6 Å². The molecule has 3 N–H and O–H groups in total. The SMILES string of the molecule is NC12C3C4C1C1C2C3C41CCO. The fourth-order valence-corrected chi connectivity index (χ4v) is 6.53. The van der Waals surface area contributed by atoms with Crippen molar-refractivity contribution in [1.29, 1.82) is 0 Å². The molecule has 0 amide bonds. The Kier molecular flexibility index (Phi) is 0.493. The molecule has 64 valence electrons. The molecule has 0 bridgehead atoms. The van der Waals surface area contributed by atoms with E-state index in [-0.39, 0.29) is 0 Å². The van der Waals surface area contributed by atoms with E-state index in [1.54, 1.807) is 0 Å². The summed E-state index contributed by atoms with van der Waals surface area (Å²) in [6, 6.07) is 0. The van der Waals surface area contributed by atoms with Crippen molar-refractivity contribution in [2.75, 3.05) is 6.61 Å². The molecule has 6 rings (SSSR count). The molecule has 0 unspecified atom stereocenters. The Hall–Kier alpha value is -0.0800. The van der Waals surface area contributed by atoms with Gasteiger partial charge in [0.1, 0.15) is 0 Å². The van der Waals surface area contributed by atoms with E-state index in [4.69, 9.17) is 10.8 Å². The second-order valence-electron chi connectivity index (χ2n) is 5.74. The molecule has 0 saturated heterocycles. The average molecular weight is 163 g/mol. The summed E-state index contributed by atoms with van der Waals surface area (Å²) in [6.45, 7) is 0.410. The number of nitrogens with two attached hydrogens (primary N) is 1. The molecule has 6 aliphatic carbocycles. The third kappa shape index (κ3) is 0.193. The topological polar surface area (TPSA) is 46.2 Å². The van der Waals surface area contributed by atoms with Crippen molar-refractivity contribution in [3.63, 3.8) is 0 Å². The highest BCUT2D eigenvalue weighted by Crippen LogP contribution is 3.06. The van der Waals surface area contributed by atoms with E-state index in [1.807, 2.05) is 0 Å². The first-order chi connectivity index (χ1) is 5.79. The van der Waals surface area contributed by atoms with E-state index in [1.165, 1.54) is 0 Å². The minimum atomic E-state index is 0.358. The second kappa shape index (κ2) is 1.05. The molecule has 0 radical (unpaired) electrons. The highest BCUT2D eigenvalue weighted by molar-refractivity contribution is 5.57. The number of hydrogen-bond acceptors (Lipinski definition) is 2. The van der Waals surface area contributed by atoms with Crippen LogP contribution in [0.3, 0.4) is 0 Å². The predicted octanol–water partition coefficient (Wildman–Crippen LogP) is -0.182. The van der Waals surface area contributed by atoms with E-state index < -0.39 is 0 Å². The molecule has 0 spiro atoms. The lowest BCUT2D eigenvalue weighted by Crippen LogP contribution is -3.14. The monoisotopic (exact) mass is 163 g/mol. The molecule has 0 aromatic carbocycles. The van der Waals surface area contributed by atoms with Gasteiger partial charge in [-0.15, -0.1) is 0 Å². The summed E-state index contributed by atoms with van der Waals surface area (Å²) in [6.07, 6.45) is 1.09. The molecular formula is C10H13NO. The van der Waals surface area contributed by atoms with Crippen LogP contribution in [-0.4, -0.2) is 17.3 Å². The first kappa shape index (κ1) is 5.61. The van der Waals surface area contributed by atoms with Crippen LogP contribution in [0, 0.1) is 40.9 Å². The molecule has 0 aromatic rings. The predicted molar refractivity (Wildman–Crippen MR) is 42.0 cm³/mol. The van der Waals surface area contributed by atoms with Crippen molar-refractivity contribution in [2.24, 2.45) is 46.7 Å². The van der Waals surface area contributed by atoms with Gasteiger partial charge in [-0.05, 0) is 47.3 Å². The van der Waals surface area contributed by atoms with Crippen LogP contribution >= 0.6 is 0 Å². The van der Waals surface area contributed by atoms with E-state index in [2.05, 4.69) is 0 Å². The molecule has 6 fully saturated rings. The van der Waals surface area contributed by atoms with Gasteiger partial charge in [-0.2, -0.15) is 0 Å². The maximum absolute atomic E-state index is 9.00. The van der Waals surface area contributed by atoms with Crippen LogP contribution in [0.5, 0.6) is 0 Å². The minimum absolute atomic E-state index is 0.358. The quantitative estimate of drug-likeness (QED) is 0.593. The normalized spacial score (nSPS) is 88.5. The number of hydrogen-bond donors (Lipinski definition) is 2. The molecule has 6 saturated carbocycles. The van der Waals surface area contributed by atoms with Crippen LogP contribution in [-0.2, 0) is 0 Å². The van der Waals surface area contributed by atoms with Crippen molar-refractivity contribution < 1.29 is 5.11 Å². The van der Waals surface area contributed by atoms with Crippen LogP contribution < -0.4 is 5.73 Å². The zero-order valence-electron chi connectivity index (χ0n) is 6.90. The van der Waals surface area contributed by atoms with Gasteiger partial charge in [0.25, 0.3) is 0 Å². The van der Waals surface area contributed by atoms with Crippen LogP contribution in [0.4, 0.5) is 0 Å². The molecule has 0 aliphatic heterocycles. The highest BCUT2D eigenvalue weighted by atomic mass is 16.3. The first-order valence-electron chi connectivity index (χ1n) is 5.19. The summed E-state index contributed by atoms with van der Waals surface area (Å²) in [4.78, 5) is 0. The van der Waals surface area contributed by atoms with Crippen molar-refractivity contribution in [1.82, 2.24) is 0 Å². The fraction of sp³-hybridized carbons (Fsp3) is 1.00. The largest absolute Gasteiger partial charge is 0.396 e. The summed E-state index contributed by atoms with van der Waals surface area (Å²) < 4.78 is 0. The van der Waals surface area contributed by atoms with Gasteiger partial charge in [0.15, 0.2) is 0 Å². The lowest BCUT2D eigenvalue weighted by molar-refractivity contribution is -0.621. The summed E-state index contributed by atoms with van der Waals surface area (Å²) in [5.74, 6) is 5.70. The molecule has 6 aliphatic rings. The molecular weight excluding hydrogens is 150 g/mol. The van der Waals surface area contributed by atoms with E-state index in [9.17, 15) is 0 Å². The lowest BCUT2D eigenvalue weighted by atomic mass is 8.94. The molecule has 0 heterocycles. The lowest BCUT2D eigenvalue weighted by Gasteiger charge is -3.11. The Morgan fingerprint density at radius 1 is 1.00 bits per heavy atom. The smallest absolute Gasteiger partial charge is 0.0436 e. The van der Waals surface area contributed by atoms with Crippen LogP contribution in [0.1, 0.15) is 6.42 Å². The molecule has 12 heavy (non-hydrogen) atoms. The third-order valence-electron chi connectivity index (χ3n) is 6.46. The summed E-state index contributed by atoms with van der Waals surface area (Å²) >= 11 is 0. The fourth-order valence-electron chi connectivity index (χ4n) is 6.53. The molecule has 0 atom stereocenters. The minimum Gasteiger partial charge on any atom is -0.396 e. The zero-order chi connectivity index (χ0) is 7.88. The molecule has 0 aromatic heterocycles. The van der Waals surface area contributed by atoms with Gasteiger partial charge >= 0.3 is 0 Å². The zero-order valence-corrected chi connectivity index (χ0v) is 6.90. The van der Waals surface area contributed by atoms with Crippen molar-refractivity contribution in [3.05, 3.63) is 0 Å². The Bertz CT molecular complexity index is 270. The molecule has 2 nitrogen and oxygen atoms in total. The van der Waals surface area contributed by atoms with Gasteiger partial charge < -0.3 is 10.8 Å². The maximum Gasteiger partial charge on any atom is 0.0436 e. The Morgan fingerprint density at radius 3 is 1.92 bits per heavy atom. The van der Waals surface area contributed by atoms with Crippen molar-refractivity contribution in [3.8, 4) is 0 Å². The number of aliphatic hydroxyl groups excluding tert-OH is 1. The van der Waals surface area contributed by atoms with Gasteiger partial charge in [0, 0.05) is 12.1 Å². The van der Waals surface area contributed by atoms with Crippen LogP contribution in [0.2, 0.25) is 0 Å². The third-order valence-corrected chi connectivity index (χ3v) is 6.46. The van der Waals surface area contributed by atoms with Gasteiger partial charge in [0.05, 0.1) is 0 Å². The van der Waals surface area contributed by atoms with Gasteiger partial charge in [-0.3, -0.25) is 0 Å². The number of rotatable bonds is 2. The van der Waals surface area contributed by atoms with Gasteiger partial charge in [-0.1, -0.05) is 0 Å². The standard InChI is InChI=1S/C10H13NO/c11-10-6-3-7(10)5-8(10)4(6)9(3,5)1-2-12/h3-8,12H,1-2,11H2. The summed E-state index contributed by atoms with van der Waals surface area (Å²) in [5.41, 5.74) is 7.30.